The summed E-state index contributed by atoms with van der Waals surface area (Å²) in [5.74, 6) is -0.432. The lowest BCUT2D eigenvalue weighted by molar-refractivity contribution is -0.281. The van der Waals surface area contributed by atoms with Crippen molar-refractivity contribution in [2.24, 2.45) is 11.0 Å². The Morgan fingerprint density at radius 2 is 2.12 bits per heavy atom. The van der Waals surface area contributed by atoms with Gasteiger partial charge in [0.1, 0.15) is 12.2 Å². The fourth-order valence-electron chi connectivity index (χ4n) is 1.67. The molecule has 1 aliphatic heterocycles. The summed E-state index contributed by atoms with van der Waals surface area (Å²) >= 11 is 0. The van der Waals surface area contributed by atoms with Crippen LogP contribution in [0, 0.1) is 5.92 Å². The third-order valence-electron chi connectivity index (χ3n) is 2.72. The Hall–Kier alpha value is -0.890. The monoisotopic (exact) mass is 247 g/mol. The molecule has 0 radical (unpaired) electrons. The van der Waals surface area contributed by atoms with Crippen molar-refractivity contribution >= 4 is 0 Å². The van der Waals surface area contributed by atoms with Crippen LogP contribution in [0.4, 0.5) is 0 Å². The summed E-state index contributed by atoms with van der Waals surface area (Å²) in [7, 11) is 0. The highest BCUT2D eigenvalue weighted by atomic mass is 16.7. The molecule has 0 aromatic heterocycles. The minimum absolute atomic E-state index is 0.153. The summed E-state index contributed by atoms with van der Waals surface area (Å²) in [5, 5.41) is 31.6. The van der Waals surface area contributed by atoms with Gasteiger partial charge >= 0.3 is 0 Å². The predicted molar refractivity (Wildman–Crippen MR) is 56.9 cm³/mol. The van der Waals surface area contributed by atoms with Crippen molar-refractivity contribution in [3.63, 3.8) is 0 Å². The molecule has 0 bridgehead atoms. The standard InChI is InChI=1S/C9H17N3O5/c1-5-7(14)8(15)6(4-13)17-9(5)16-3-2-11-12-10/h5-9,13-15H,2-4H2,1H3/t5?,6?,7-,8-,9-/m1/s1. The quantitative estimate of drug-likeness (QED) is 0.258. The molecule has 1 heterocycles. The Kier molecular flexibility index (Phi) is 5.63. The first-order chi connectivity index (χ1) is 8.11. The van der Waals surface area contributed by atoms with E-state index in [2.05, 4.69) is 10.0 Å². The molecule has 0 aromatic carbocycles. The van der Waals surface area contributed by atoms with E-state index in [0.29, 0.717) is 0 Å². The van der Waals surface area contributed by atoms with Gasteiger partial charge in [0.2, 0.25) is 0 Å². The summed E-state index contributed by atoms with van der Waals surface area (Å²) in [4.78, 5) is 2.57. The van der Waals surface area contributed by atoms with E-state index in [4.69, 9.17) is 20.1 Å². The van der Waals surface area contributed by atoms with Crippen molar-refractivity contribution in [2.75, 3.05) is 19.8 Å². The highest BCUT2D eigenvalue weighted by Crippen LogP contribution is 2.26. The van der Waals surface area contributed by atoms with Crippen LogP contribution in [-0.4, -0.2) is 59.7 Å². The molecule has 0 aromatic rings. The zero-order valence-electron chi connectivity index (χ0n) is 9.51. The summed E-state index contributed by atoms with van der Waals surface area (Å²) < 4.78 is 10.6. The van der Waals surface area contributed by atoms with E-state index in [9.17, 15) is 10.2 Å². The van der Waals surface area contributed by atoms with Crippen molar-refractivity contribution in [3.8, 4) is 0 Å². The van der Waals surface area contributed by atoms with Crippen LogP contribution < -0.4 is 0 Å². The van der Waals surface area contributed by atoms with Gasteiger partial charge in [-0.05, 0) is 5.53 Å². The summed E-state index contributed by atoms with van der Waals surface area (Å²) in [6.45, 7) is 1.58. The van der Waals surface area contributed by atoms with Gasteiger partial charge in [0, 0.05) is 17.4 Å². The number of aliphatic hydroxyl groups is 3. The Balaban J connectivity index is 2.50. The fraction of sp³-hybridized carbons (Fsp3) is 1.00. The maximum atomic E-state index is 9.72. The molecular formula is C9H17N3O5. The van der Waals surface area contributed by atoms with Crippen LogP contribution in [0.1, 0.15) is 6.92 Å². The van der Waals surface area contributed by atoms with Gasteiger partial charge in [-0.3, -0.25) is 0 Å². The largest absolute Gasteiger partial charge is 0.394 e. The van der Waals surface area contributed by atoms with Gasteiger partial charge < -0.3 is 24.8 Å². The van der Waals surface area contributed by atoms with E-state index < -0.39 is 37.1 Å². The Morgan fingerprint density at radius 3 is 2.71 bits per heavy atom. The van der Waals surface area contributed by atoms with E-state index in [1.165, 1.54) is 0 Å². The number of aliphatic hydroxyl groups excluding tert-OH is 3. The molecule has 0 amide bonds. The van der Waals surface area contributed by atoms with Crippen LogP contribution in [0.25, 0.3) is 10.4 Å². The van der Waals surface area contributed by atoms with Crippen LogP contribution in [0.2, 0.25) is 0 Å². The molecule has 1 fully saturated rings. The number of nitrogens with zero attached hydrogens (tertiary/aromatic N) is 3. The summed E-state index contributed by atoms with van der Waals surface area (Å²) in [5.41, 5.74) is 8.08. The third-order valence-corrected chi connectivity index (χ3v) is 2.72. The number of azide groups is 1. The zero-order valence-corrected chi connectivity index (χ0v) is 9.51. The molecule has 5 atom stereocenters. The first-order valence-electron chi connectivity index (χ1n) is 5.36. The predicted octanol–water partition coefficient (Wildman–Crippen LogP) is -0.612. The molecule has 0 saturated carbocycles. The Morgan fingerprint density at radius 1 is 1.41 bits per heavy atom. The average Bonchev–Trinajstić information content (AvgIpc) is 2.34. The molecule has 17 heavy (non-hydrogen) atoms. The molecule has 8 heteroatoms. The number of hydrogen-bond acceptors (Lipinski definition) is 6. The van der Waals surface area contributed by atoms with Gasteiger partial charge in [-0.25, -0.2) is 0 Å². The summed E-state index contributed by atoms with van der Waals surface area (Å²) in [6, 6.07) is 0. The average molecular weight is 247 g/mol. The van der Waals surface area contributed by atoms with Gasteiger partial charge in [0.05, 0.1) is 19.3 Å². The van der Waals surface area contributed by atoms with E-state index in [0.717, 1.165) is 0 Å². The van der Waals surface area contributed by atoms with Gasteiger partial charge in [-0.2, -0.15) is 0 Å². The van der Waals surface area contributed by atoms with Crippen LogP contribution >= 0.6 is 0 Å². The lowest BCUT2D eigenvalue weighted by Gasteiger charge is -2.40. The molecule has 1 aliphatic rings. The van der Waals surface area contributed by atoms with Crippen molar-refractivity contribution in [1.82, 2.24) is 0 Å². The van der Waals surface area contributed by atoms with Crippen LogP contribution in [-0.2, 0) is 9.47 Å². The number of rotatable bonds is 5. The number of hydrogen-bond donors (Lipinski definition) is 3. The molecule has 3 N–H and O–H groups in total. The Bertz CT molecular complexity index is 282. The van der Waals surface area contributed by atoms with E-state index in [1.807, 2.05) is 0 Å². The van der Waals surface area contributed by atoms with Crippen LogP contribution in [0.5, 0.6) is 0 Å². The van der Waals surface area contributed by atoms with E-state index in [1.54, 1.807) is 6.92 Å². The van der Waals surface area contributed by atoms with Crippen LogP contribution in [0.3, 0.4) is 0 Å². The molecule has 1 rings (SSSR count). The molecule has 98 valence electrons. The minimum Gasteiger partial charge on any atom is -0.394 e. The van der Waals surface area contributed by atoms with Gasteiger partial charge in [0.15, 0.2) is 6.29 Å². The van der Waals surface area contributed by atoms with Crippen molar-refractivity contribution in [2.45, 2.75) is 31.5 Å². The van der Waals surface area contributed by atoms with E-state index in [-0.39, 0.29) is 13.2 Å². The second-order valence-electron chi connectivity index (χ2n) is 3.89. The van der Waals surface area contributed by atoms with Crippen molar-refractivity contribution < 1.29 is 24.8 Å². The van der Waals surface area contributed by atoms with Gasteiger partial charge in [-0.1, -0.05) is 12.0 Å². The highest BCUT2D eigenvalue weighted by Gasteiger charge is 2.42. The molecule has 1 saturated heterocycles. The fourth-order valence-corrected chi connectivity index (χ4v) is 1.67. The lowest BCUT2D eigenvalue weighted by Crippen LogP contribution is -2.55. The van der Waals surface area contributed by atoms with Gasteiger partial charge in [-0.15, -0.1) is 0 Å². The van der Waals surface area contributed by atoms with E-state index >= 15 is 0 Å². The topological polar surface area (TPSA) is 128 Å². The molecule has 0 spiro atoms. The van der Waals surface area contributed by atoms with Crippen LogP contribution in [0.15, 0.2) is 5.11 Å². The lowest BCUT2D eigenvalue weighted by atomic mass is 9.92. The second kappa shape index (κ2) is 6.75. The normalized spacial score (nSPS) is 37.5. The maximum Gasteiger partial charge on any atom is 0.163 e. The second-order valence-corrected chi connectivity index (χ2v) is 3.89. The molecule has 8 nitrogen and oxygen atoms in total. The minimum atomic E-state index is -1.13. The first-order valence-corrected chi connectivity index (χ1v) is 5.36. The zero-order chi connectivity index (χ0) is 12.8. The SMILES string of the molecule is CC1[C@H](OCCN=[N+]=[N-])OC(CO)[C@@H](O)[C@@H]1O. The highest BCUT2D eigenvalue weighted by molar-refractivity contribution is 4.86. The van der Waals surface area contributed by atoms with Crippen molar-refractivity contribution in [3.05, 3.63) is 10.4 Å². The van der Waals surface area contributed by atoms with Crippen molar-refractivity contribution in [1.29, 1.82) is 0 Å². The molecule has 0 aliphatic carbocycles. The maximum absolute atomic E-state index is 9.72. The molecule has 2 unspecified atom stereocenters. The molecular weight excluding hydrogens is 230 g/mol. The first kappa shape index (κ1) is 14.2. The third kappa shape index (κ3) is 3.53. The summed E-state index contributed by atoms with van der Waals surface area (Å²) in [6.07, 6.45) is -3.76. The Labute approximate surface area is 98.4 Å². The smallest absolute Gasteiger partial charge is 0.163 e. The van der Waals surface area contributed by atoms with Gasteiger partial charge in [0.25, 0.3) is 0 Å². The number of ether oxygens (including phenoxy) is 2.